The molecule has 2 aromatic carbocycles. The molecule has 9 heteroatoms. The minimum atomic E-state index is -4.60. The van der Waals surface area contributed by atoms with Crippen molar-refractivity contribution in [1.29, 1.82) is 0 Å². The monoisotopic (exact) mass is 426 g/mol. The number of carbonyl (C=O) groups excluding carboxylic acids is 2. The molecular formula is C20H18ClF3N2O3. The van der Waals surface area contributed by atoms with E-state index < -0.39 is 28.6 Å². The molecule has 0 aliphatic heterocycles. The minimum Gasteiger partial charge on any atom is -0.495 e. The second-order valence-corrected chi connectivity index (χ2v) is 6.45. The van der Waals surface area contributed by atoms with E-state index in [1.54, 1.807) is 12.1 Å². The molecule has 0 spiro atoms. The summed E-state index contributed by atoms with van der Waals surface area (Å²) in [5.41, 5.74) is 0.524. The molecule has 0 saturated carbocycles. The Morgan fingerprint density at radius 3 is 2.55 bits per heavy atom. The first kappa shape index (κ1) is 22.3. The van der Waals surface area contributed by atoms with E-state index >= 15 is 0 Å². The number of halogens is 4. The van der Waals surface area contributed by atoms with Crippen LogP contribution >= 0.6 is 11.6 Å². The second-order valence-electron chi connectivity index (χ2n) is 6.04. The van der Waals surface area contributed by atoms with Gasteiger partial charge in [0.25, 0.3) is 0 Å². The van der Waals surface area contributed by atoms with Crippen LogP contribution in [0.5, 0.6) is 5.75 Å². The fourth-order valence-electron chi connectivity index (χ4n) is 2.38. The Morgan fingerprint density at radius 1 is 1.17 bits per heavy atom. The van der Waals surface area contributed by atoms with Crippen molar-refractivity contribution in [2.45, 2.75) is 13.1 Å². The van der Waals surface area contributed by atoms with Crippen LogP contribution in [0.3, 0.4) is 0 Å². The Balaban J connectivity index is 1.95. The number of alkyl halides is 3. The largest absolute Gasteiger partial charge is 0.495 e. The van der Waals surface area contributed by atoms with E-state index in [2.05, 4.69) is 10.6 Å². The summed E-state index contributed by atoms with van der Waals surface area (Å²) in [7, 11) is 1.47. The number of amides is 2. The van der Waals surface area contributed by atoms with Crippen LogP contribution in [-0.4, -0.2) is 25.5 Å². The highest BCUT2D eigenvalue weighted by atomic mass is 35.5. The van der Waals surface area contributed by atoms with Gasteiger partial charge in [0.2, 0.25) is 11.8 Å². The van der Waals surface area contributed by atoms with Gasteiger partial charge in [0.1, 0.15) is 5.75 Å². The highest BCUT2D eigenvalue weighted by Crippen LogP contribution is 2.35. The molecule has 5 nitrogen and oxygen atoms in total. The van der Waals surface area contributed by atoms with Gasteiger partial charge in [-0.1, -0.05) is 23.7 Å². The van der Waals surface area contributed by atoms with E-state index in [1.807, 2.05) is 13.0 Å². The summed E-state index contributed by atoms with van der Waals surface area (Å²) in [6.45, 7) is 1.53. The lowest BCUT2D eigenvalue weighted by molar-refractivity contribution is -0.137. The van der Waals surface area contributed by atoms with Gasteiger partial charge in [0.05, 0.1) is 29.9 Å². The van der Waals surface area contributed by atoms with E-state index in [0.717, 1.165) is 23.8 Å². The first-order valence-electron chi connectivity index (χ1n) is 8.37. The van der Waals surface area contributed by atoms with Crippen molar-refractivity contribution in [2.24, 2.45) is 0 Å². The molecule has 0 aliphatic rings. The van der Waals surface area contributed by atoms with E-state index in [1.165, 1.54) is 19.3 Å². The number of hydrogen-bond acceptors (Lipinski definition) is 3. The number of benzene rings is 2. The average molecular weight is 427 g/mol. The Bertz CT molecular complexity index is 943. The topological polar surface area (TPSA) is 67.4 Å². The summed E-state index contributed by atoms with van der Waals surface area (Å²) in [5.74, 6) is -0.653. The number of nitrogens with one attached hydrogen (secondary N) is 2. The normalized spacial score (nSPS) is 11.4. The molecule has 0 bridgehead atoms. The van der Waals surface area contributed by atoms with Crippen LogP contribution in [0.1, 0.15) is 16.7 Å². The molecule has 0 aliphatic carbocycles. The fourth-order valence-corrected chi connectivity index (χ4v) is 2.60. The summed E-state index contributed by atoms with van der Waals surface area (Å²) in [6.07, 6.45) is -2.37. The molecule has 0 unspecified atom stereocenters. The predicted molar refractivity (Wildman–Crippen MR) is 105 cm³/mol. The maximum absolute atomic E-state index is 12.9. The number of anilines is 1. The molecule has 0 radical (unpaired) electrons. The lowest BCUT2D eigenvalue weighted by atomic mass is 10.1. The maximum Gasteiger partial charge on any atom is 0.417 e. The molecule has 0 heterocycles. The van der Waals surface area contributed by atoms with Gasteiger partial charge in [-0.3, -0.25) is 9.59 Å². The van der Waals surface area contributed by atoms with Gasteiger partial charge in [-0.2, -0.15) is 13.2 Å². The third-order valence-corrected chi connectivity index (χ3v) is 4.10. The predicted octanol–water partition coefficient (Wildman–Crippen LogP) is 4.44. The van der Waals surface area contributed by atoms with Crippen molar-refractivity contribution in [2.75, 3.05) is 19.0 Å². The van der Waals surface area contributed by atoms with Crippen molar-refractivity contribution in [3.63, 3.8) is 0 Å². The maximum atomic E-state index is 12.9. The van der Waals surface area contributed by atoms with E-state index in [4.69, 9.17) is 16.3 Å². The minimum absolute atomic E-state index is 0.144. The first-order chi connectivity index (χ1) is 13.6. The molecule has 0 atom stereocenters. The van der Waals surface area contributed by atoms with Gasteiger partial charge >= 0.3 is 6.18 Å². The third-order valence-electron chi connectivity index (χ3n) is 3.78. The van der Waals surface area contributed by atoms with Crippen LogP contribution in [-0.2, 0) is 15.8 Å². The molecular weight excluding hydrogens is 409 g/mol. The van der Waals surface area contributed by atoms with Crippen molar-refractivity contribution < 1.29 is 27.5 Å². The summed E-state index contributed by atoms with van der Waals surface area (Å²) >= 11 is 5.55. The van der Waals surface area contributed by atoms with Gasteiger partial charge in [0, 0.05) is 6.08 Å². The van der Waals surface area contributed by atoms with Crippen molar-refractivity contribution in [1.82, 2.24) is 5.32 Å². The third kappa shape index (κ3) is 6.53. The molecule has 2 N–H and O–H groups in total. The Hall–Kier alpha value is -3.00. The molecule has 2 rings (SSSR count). The van der Waals surface area contributed by atoms with Crippen LogP contribution in [0.4, 0.5) is 18.9 Å². The first-order valence-corrected chi connectivity index (χ1v) is 8.75. The zero-order valence-corrected chi connectivity index (χ0v) is 16.3. The number of methoxy groups -OCH3 is 1. The molecule has 29 heavy (non-hydrogen) atoms. The average Bonchev–Trinajstić information content (AvgIpc) is 2.65. The van der Waals surface area contributed by atoms with Crippen molar-refractivity contribution in [3.8, 4) is 5.75 Å². The number of rotatable bonds is 6. The van der Waals surface area contributed by atoms with E-state index in [-0.39, 0.29) is 12.1 Å². The lowest BCUT2D eigenvalue weighted by Crippen LogP contribution is -2.31. The van der Waals surface area contributed by atoms with Gasteiger partial charge < -0.3 is 15.4 Å². The number of aryl methyl sites for hydroxylation is 1. The lowest BCUT2D eigenvalue weighted by Gasteiger charge is -2.11. The molecule has 0 saturated heterocycles. The Kier molecular flexibility index (Phi) is 7.28. The van der Waals surface area contributed by atoms with Gasteiger partial charge in [-0.05, 0) is 48.4 Å². The molecule has 2 aromatic rings. The summed E-state index contributed by atoms with van der Waals surface area (Å²) in [4.78, 5) is 23.9. The zero-order valence-electron chi connectivity index (χ0n) is 15.6. The van der Waals surface area contributed by atoms with Crippen LogP contribution in [0.15, 0.2) is 42.5 Å². The SMILES string of the molecule is COc1ccc(C)cc1NC(=O)CNC(=O)/C=C/c1ccc(Cl)c(C(F)(F)F)c1. The second kappa shape index (κ2) is 9.47. The quantitative estimate of drug-likeness (QED) is 0.671. The summed E-state index contributed by atoms with van der Waals surface area (Å²) in [5, 5.41) is 4.55. The van der Waals surface area contributed by atoms with Crippen LogP contribution in [0.25, 0.3) is 6.08 Å². The van der Waals surface area contributed by atoms with Gasteiger partial charge in [-0.25, -0.2) is 0 Å². The van der Waals surface area contributed by atoms with E-state index in [0.29, 0.717) is 11.4 Å². The standard InChI is InChI=1S/C20H18ClF3N2O3/c1-12-3-7-17(29-2)16(9-12)26-19(28)11-25-18(27)8-5-13-4-6-15(21)14(10-13)20(22,23)24/h3-10H,11H2,1-2H3,(H,25,27)(H,26,28)/b8-5+. The van der Waals surface area contributed by atoms with Crippen molar-refractivity contribution in [3.05, 3.63) is 64.2 Å². The number of ether oxygens (including phenoxy) is 1. The van der Waals surface area contributed by atoms with Crippen molar-refractivity contribution >= 4 is 35.2 Å². The van der Waals surface area contributed by atoms with Crippen LogP contribution in [0.2, 0.25) is 5.02 Å². The Morgan fingerprint density at radius 2 is 1.90 bits per heavy atom. The molecule has 0 fully saturated rings. The molecule has 2 amide bonds. The van der Waals surface area contributed by atoms with Crippen LogP contribution < -0.4 is 15.4 Å². The highest BCUT2D eigenvalue weighted by Gasteiger charge is 2.33. The number of hydrogen-bond donors (Lipinski definition) is 2. The van der Waals surface area contributed by atoms with Gasteiger partial charge in [-0.15, -0.1) is 0 Å². The zero-order chi connectivity index (χ0) is 21.6. The summed E-state index contributed by atoms with van der Waals surface area (Å²) < 4.78 is 43.7. The molecule has 0 aromatic heterocycles. The Labute approximate surface area is 170 Å². The number of carbonyl (C=O) groups is 2. The highest BCUT2D eigenvalue weighted by molar-refractivity contribution is 6.31. The fraction of sp³-hybridized carbons (Fsp3) is 0.200. The smallest absolute Gasteiger partial charge is 0.417 e. The van der Waals surface area contributed by atoms with Crippen LogP contribution in [0, 0.1) is 6.92 Å². The van der Waals surface area contributed by atoms with Gasteiger partial charge in [0.15, 0.2) is 0 Å². The van der Waals surface area contributed by atoms with E-state index in [9.17, 15) is 22.8 Å². The molecule has 154 valence electrons. The summed E-state index contributed by atoms with van der Waals surface area (Å²) in [6, 6.07) is 8.53.